The number of carbonyl (C=O) groups is 1. The second-order valence-electron chi connectivity index (χ2n) is 5.23. The summed E-state index contributed by atoms with van der Waals surface area (Å²) >= 11 is 0. The van der Waals surface area contributed by atoms with Gasteiger partial charge >= 0.3 is 5.97 Å². The van der Waals surface area contributed by atoms with Crippen molar-refractivity contribution in [2.24, 2.45) is 0 Å². The van der Waals surface area contributed by atoms with Gasteiger partial charge in [0, 0.05) is 0 Å². The van der Waals surface area contributed by atoms with Crippen LogP contribution in [0.15, 0.2) is 48.5 Å². The van der Waals surface area contributed by atoms with E-state index in [1.807, 2.05) is 25.1 Å². The highest BCUT2D eigenvalue weighted by Gasteiger charge is 2.25. The van der Waals surface area contributed by atoms with Gasteiger partial charge in [0.05, 0.1) is 0 Å². The van der Waals surface area contributed by atoms with Crippen molar-refractivity contribution in [1.82, 2.24) is 0 Å². The largest absolute Gasteiger partial charge is 0.489 e. The van der Waals surface area contributed by atoms with Gasteiger partial charge in [0.1, 0.15) is 23.5 Å². The number of hydrogen-bond acceptors (Lipinski definition) is 3. The Morgan fingerprint density at radius 1 is 1.19 bits per heavy atom. The van der Waals surface area contributed by atoms with Crippen molar-refractivity contribution in [1.29, 1.82) is 0 Å². The zero-order chi connectivity index (χ0) is 15.5. The predicted octanol–water partition coefficient (Wildman–Crippen LogP) is 2.98. The van der Waals surface area contributed by atoms with E-state index in [1.165, 1.54) is 6.07 Å². The van der Waals surface area contributed by atoms with Crippen LogP contribution in [0.2, 0.25) is 0 Å². The third-order valence-electron chi connectivity index (χ3n) is 3.27. The summed E-state index contributed by atoms with van der Waals surface area (Å²) < 4.78 is 5.57. The number of rotatable bonds is 5. The van der Waals surface area contributed by atoms with E-state index in [9.17, 15) is 9.90 Å². The molecule has 0 bridgehead atoms. The first-order valence-corrected chi connectivity index (χ1v) is 6.65. The predicted molar refractivity (Wildman–Crippen MR) is 79.6 cm³/mol. The van der Waals surface area contributed by atoms with Gasteiger partial charge in [0.25, 0.3) is 0 Å². The van der Waals surface area contributed by atoms with Crippen LogP contribution in [0.5, 0.6) is 5.75 Å². The highest BCUT2D eigenvalue weighted by atomic mass is 16.5. The number of carboxylic acids is 1. The second kappa shape index (κ2) is 5.97. The molecule has 2 aromatic rings. The molecule has 0 saturated carbocycles. The molecular formula is C17H18O4. The molecule has 2 N–H and O–H groups in total. The zero-order valence-electron chi connectivity index (χ0n) is 12.0. The Labute approximate surface area is 123 Å². The minimum atomic E-state index is -1.19. The molecule has 1 unspecified atom stereocenters. The number of aromatic carboxylic acids is 1. The van der Waals surface area contributed by atoms with Gasteiger partial charge in [-0.3, -0.25) is 0 Å². The smallest absolute Gasteiger partial charge is 0.339 e. The lowest BCUT2D eigenvalue weighted by Crippen LogP contribution is -2.29. The average molecular weight is 286 g/mol. The molecule has 2 aromatic carbocycles. The first kappa shape index (κ1) is 15.1. The van der Waals surface area contributed by atoms with E-state index in [0.717, 1.165) is 11.1 Å². The van der Waals surface area contributed by atoms with Crippen LogP contribution in [0.1, 0.15) is 28.4 Å². The molecule has 4 nitrogen and oxygen atoms in total. The van der Waals surface area contributed by atoms with Crippen molar-refractivity contribution in [3.8, 4) is 5.75 Å². The molecule has 2 rings (SSSR count). The fourth-order valence-corrected chi connectivity index (χ4v) is 2.02. The van der Waals surface area contributed by atoms with Crippen molar-refractivity contribution in [2.45, 2.75) is 19.4 Å². The van der Waals surface area contributed by atoms with E-state index >= 15 is 0 Å². The highest BCUT2D eigenvalue weighted by Crippen LogP contribution is 2.25. The molecule has 0 fully saturated rings. The van der Waals surface area contributed by atoms with Gasteiger partial charge < -0.3 is 14.9 Å². The summed E-state index contributed by atoms with van der Waals surface area (Å²) in [6.07, 6.45) is 0. The Bertz CT molecular complexity index is 632. The molecule has 4 heteroatoms. The SMILES string of the molecule is Cc1ccc(C(=O)O)c(OCC(C)(O)c2ccccc2)c1. The number of carboxylic acid groups (broad SMARTS) is 1. The molecule has 0 spiro atoms. The van der Waals surface area contributed by atoms with Gasteiger partial charge in [0.2, 0.25) is 0 Å². The molecule has 0 saturated heterocycles. The molecule has 0 aromatic heterocycles. The monoisotopic (exact) mass is 286 g/mol. The Hall–Kier alpha value is -2.33. The van der Waals surface area contributed by atoms with Gasteiger partial charge in [-0.15, -0.1) is 0 Å². The van der Waals surface area contributed by atoms with Crippen LogP contribution in [0.4, 0.5) is 0 Å². The summed E-state index contributed by atoms with van der Waals surface area (Å²) in [4.78, 5) is 11.2. The summed E-state index contributed by atoms with van der Waals surface area (Å²) in [5.41, 5.74) is 0.508. The van der Waals surface area contributed by atoms with Gasteiger partial charge in [-0.1, -0.05) is 36.4 Å². The van der Waals surface area contributed by atoms with Crippen LogP contribution in [0.25, 0.3) is 0 Å². The third kappa shape index (κ3) is 3.61. The van der Waals surface area contributed by atoms with E-state index in [1.54, 1.807) is 31.2 Å². The Balaban J connectivity index is 2.20. The van der Waals surface area contributed by atoms with Crippen LogP contribution in [0.3, 0.4) is 0 Å². The minimum absolute atomic E-state index is 0.0270. The number of ether oxygens (including phenoxy) is 1. The molecule has 0 amide bonds. The number of hydrogen-bond donors (Lipinski definition) is 2. The van der Waals surface area contributed by atoms with Crippen molar-refractivity contribution in [3.05, 3.63) is 65.2 Å². The number of benzene rings is 2. The van der Waals surface area contributed by atoms with E-state index < -0.39 is 11.6 Å². The van der Waals surface area contributed by atoms with E-state index in [2.05, 4.69) is 0 Å². The minimum Gasteiger partial charge on any atom is -0.489 e. The van der Waals surface area contributed by atoms with Gasteiger partial charge in [0.15, 0.2) is 0 Å². The van der Waals surface area contributed by atoms with Gasteiger partial charge in [-0.2, -0.15) is 0 Å². The molecule has 110 valence electrons. The van der Waals surface area contributed by atoms with Crippen LogP contribution in [-0.4, -0.2) is 22.8 Å². The molecule has 0 radical (unpaired) electrons. The maximum absolute atomic E-state index is 11.2. The number of aliphatic hydroxyl groups is 1. The third-order valence-corrected chi connectivity index (χ3v) is 3.27. The maximum atomic E-state index is 11.2. The maximum Gasteiger partial charge on any atom is 0.339 e. The average Bonchev–Trinajstić information content (AvgIpc) is 2.46. The van der Waals surface area contributed by atoms with E-state index in [0.29, 0.717) is 0 Å². The molecule has 0 aliphatic heterocycles. The van der Waals surface area contributed by atoms with E-state index in [-0.39, 0.29) is 17.9 Å². The van der Waals surface area contributed by atoms with Crippen LogP contribution in [0, 0.1) is 6.92 Å². The van der Waals surface area contributed by atoms with Crippen LogP contribution >= 0.6 is 0 Å². The van der Waals surface area contributed by atoms with Crippen molar-refractivity contribution < 1.29 is 19.7 Å². The molecule has 0 aliphatic rings. The number of aryl methyl sites for hydroxylation is 1. The summed E-state index contributed by atoms with van der Waals surface area (Å²) in [6.45, 7) is 3.47. The van der Waals surface area contributed by atoms with Gasteiger partial charge in [-0.05, 0) is 37.1 Å². The van der Waals surface area contributed by atoms with Crippen molar-refractivity contribution in [3.63, 3.8) is 0 Å². The standard InChI is InChI=1S/C17H18O4/c1-12-8-9-14(16(18)19)15(10-12)21-11-17(2,20)13-6-4-3-5-7-13/h3-10,20H,11H2,1-2H3,(H,18,19). The Morgan fingerprint density at radius 2 is 1.86 bits per heavy atom. The molecule has 0 heterocycles. The van der Waals surface area contributed by atoms with Crippen molar-refractivity contribution >= 4 is 5.97 Å². The normalized spacial score (nSPS) is 13.5. The Kier molecular flexibility index (Phi) is 4.29. The lowest BCUT2D eigenvalue weighted by molar-refractivity contribution is 0.00700. The fourth-order valence-electron chi connectivity index (χ4n) is 2.02. The first-order chi connectivity index (χ1) is 9.90. The highest BCUT2D eigenvalue weighted by molar-refractivity contribution is 5.90. The second-order valence-corrected chi connectivity index (χ2v) is 5.23. The fraction of sp³-hybridized carbons (Fsp3) is 0.235. The lowest BCUT2D eigenvalue weighted by atomic mass is 9.97. The Morgan fingerprint density at radius 3 is 2.48 bits per heavy atom. The summed E-state index contributed by atoms with van der Waals surface area (Å²) in [6, 6.07) is 14.0. The van der Waals surface area contributed by atoms with E-state index in [4.69, 9.17) is 9.84 Å². The summed E-state index contributed by atoms with van der Waals surface area (Å²) in [7, 11) is 0. The quantitative estimate of drug-likeness (QED) is 0.886. The lowest BCUT2D eigenvalue weighted by Gasteiger charge is -2.24. The first-order valence-electron chi connectivity index (χ1n) is 6.65. The topological polar surface area (TPSA) is 66.8 Å². The molecule has 21 heavy (non-hydrogen) atoms. The van der Waals surface area contributed by atoms with Gasteiger partial charge in [-0.25, -0.2) is 4.79 Å². The molecular weight excluding hydrogens is 268 g/mol. The summed E-state index contributed by atoms with van der Waals surface area (Å²) in [5.74, 6) is -0.789. The zero-order valence-corrected chi connectivity index (χ0v) is 12.0. The van der Waals surface area contributed by atoms with Crippen molar-refractivity contribution in [2.75, 3.05) is 6.61 Å². The van der Waals surface area contributed by atoms with Crippen LogP contribution < -0.4 is 4.74 Å². The summed E-state index contributed by atoms with van der Waals surface area (Å²) in [5, 5.41) is 19.6. The molecule has 1 atom stereocenters. The van der Waals surface area contributed by atoms with Crippen LogP contribution in [-0.2, 0) is 5.60 Å². The molecule has 0 aliphatic carbocycles.